The van der Waals surface area contributed by atoms with E-state index in [1.165, 1.54) is 51.4 Å². The molecule has 1 aliphatic heterocycles. The van der Waals surface area contributed by atoms with E-state index in [0.717, 1.165) is 31.6 Å². The predicted octanol–water partition coefficient (Wildman–Crippen LogP) is 3.42. The molecule has 1 heterocycles. The number of hydrogen-bond donors (Lipinski definition) is 3. The van der Waals surface area contributed by atoms with E-state index in [0.29, 0.717) is 11.3 Å². The molecule has 0 aromatic heterocycles. The third-order valence-corrected chi connectivity index (χ3v) is 5.90. The fourth-order valence-electron chi connectivity index (χ4n) is 4.29. The lowest BCUT2D eigenvalue weighted by Crippen LogP contribution is -2.38. The molecule has 4 N–H and O–H groups in total. The molecular formula is C22H34N4O2. The Morgan fingerprint density at radius 2 is 1.61 bits per heavy atom. The summed E-state index contributed by atoms with van der Waals surface area (Å²) in [6.07, 6.45) is 11.9. The van der Waals surface area contributed by atoms with Gasteiger partial charge in [-0.1, -0.05) is 32.1 Å². The van der Waals surface area contributed by atoms with Gasteiger partial charge in [-0.05, 0) is 50.3 Å². The van der Waals surface area contributed by atoms with Gasteiger partial charge >= 0.3 is 0 Å². The molecule has 1 aliphatic carbocycles. The van der Waals surface area contributed by atoms with E-state index in [4.69, 9.17) is 5.73 Å². The van der Waals surface area contributed by atoms with Gasteiger partial charge in [-0.15, -0.1) is 0 Å². The summed E-state index contributed by atoms with van der Waals surface area (Å²) in [5.74, 6) is -0.497. The number of rotatable bonds is 6. The van der Waals surface area contributed by atoms with E-state index >= 15 is 0 Å². The zero-order chi connectivity index (χ0) is 19.8. The molecule has 6 heteroatoms. The molecule has 0 spiro atoms. The SMILES string of the molecule is NC(=O)c1cc(N2CCCCC2)ccc1NCC(=O)NC1CCCCCCC1. The Balaban J connectivity index is 1.57. The third kappa shape index (κ3) is 5.88. The Kier molecular flexibility index (Phi) is 7.57. The van der Waals surface area contributed by atoms with Crippen LogP contribution in [0.25, 0.3) is 0 Å². The average molecular weight is 387 g/mol. The molecule has 0 bridgehead atoms. The summed E-state index contributed by atoms with van der Waals surface area (Å²) in [7, 11) is 0. The molecule has 28 heavy (non-hydrogen) atoms. The highest BCUT2D eigenvalue weighted by Crippen LogP contribution is 2.25. The largest absolute Gasteiger partial charge is 0.376 e. The van der Waals surface area contributed by atoms with E-state index in [-0.39, 0.29) is 18.5 Å². The van der Waals surface area contributed by atoms with Crippen molar-refractivity contribution in [2.75, 3.05) is 29.9 Å². The van der Waals surface area contributed by atoms with Gasteiger partial charge in [-0.25, -0.2) is 0 Å². The van der Waals surface area contributed by atoms with Gasteiger partial charge in [0.1, 0.15) is 0 Å². The number of hydrogen-bond acceptors (Lipinski definition) is 4. The summed E-state index contributed by atoms with van der Waals surface area (Å²) in [5.41, 5.74) is 7.70. The maximum atomic E-state index is 12.4. The molecule has 2 amide bonds. The number of nitrogens with one attached hydrogen (secondary N) is 2. The van der Waals surface area contributed by atoms with Crippen LogP contribution in [0.15, 0.2) is 18.2 Å². The smallest absolute Gasteiger partial charge is 0.250 e. The Hall–Kier alpha value is -2.24. The van der Waals surface area contributed by atoms with E-state index in [1.807, 2.05) is 18.2 Å². The molecule has 154 valence electrons. The molecule has 2 fully saturated rings. The summed E-state index contributed by atoms with van der Waals surface area (Å²) in [4.78, 5) is 26.6. The molecule has 0 atom stereocenters. The van der Waals surface area contributed by atoms with Gasteiger partial charge in [0.15, 0.2) is 0 Å². The number of benzene rings is 1. The first-order valence-corrected chi connectivity index (χ1v) is 10.9. The molecule has 1 aromatic rings. The van der Waals surface area contributed by atoms with Crippen LogP contribution in [-0.4, -0.2) is 37.5 Å². The van der Waals surface area contributed by atoms with Crippen molar-refractivity contribution < 1.29 is 9.59 Å². The number of amides is 2. The van der Waals surface area contributed by atoms with Crippen molar-refractivity contribution in [1.29, 1.82) is 0 Å². The quantitative estimate of drug-likeness (QED) is 0.699. The number of nitrogens with two attached hydrogens (primary N) is 1. The number of primary amides is 1. The molecule has 1 saturated carbocycles. The van der Waals surface area contributed by atoms with Gasteiger partial charge in [0.25, 0.3) is 5.91 Å². The standard InChI is InChI=1S/C22H34N4O2/c23-22(28)19-15-18(26-13-7-4-8-14-26)11-12-20(19)24-16-21(27)25-17-9-5-2-1-3-6-10-17/h11-12,15,17,24H,1-10,13-14,16H2,(H2,23,28)(H,25,27). The highest BCUT2D eigenvalue weighted by Gasteiger charge is 2.17. The fourth-order valence-corrected chi connectivity index (χ4v) is 4.29. The summed E-state index contributed by atoms with van der Waals surface area (Å²) in [6, 6.07) is 5.99. The summed E-state index contributed by atoms with van der Waals surface area (Å²) >= 11 is 0. The van der Waals surface area contributed by atoms with Gasteiger partial charge in [0.2, 0.25) is 5.91 Å². The number of anilines is 2. The minimum Gasteiger partial charge on any atom is -0.376 e. The second-order valence-corrected chi connectivity index (χ2v) is 8.10. The fraction of sp³-hybridized carbons (Fsp3) is 0.636. The zero-order valence-electron chi connectivity index (χ0n) is 16.8. The molecule has 3 rings (SSSR count). The Morgan fingerprint density at radius 1 is 0.964 bits per heavy atom. The highest BCUT2D eigenvalue weighted by molar-refractivity contribution is 6.00. The predicted molar refractivity (Wildman–Crippen MR) is 114 cm³/mol. The molecule has 6 nitrogen and oxygen atoms in total. The first-order chi connectivity index (χ1) is 13.6. The van der Waals surface area contributed by atoms with E-state index in [2.05, 4.69) is 15.5 Å². The van der Waals surface area contributed by atoms with Crippen LogP contribution in [0.3, 0.4) is 0 Å². The average Bonchev–Trinajstić information content (AvgIpc) is 2.69. The third-order valence-electron chi connectivity index (χ3n) is 5.90. The molecule has 0 radical (unpaired) electrons. The van der Waals surface area contributed by atoms with Crippen molar-refractivity contribution in [3.05, 3.63) is 23.8 Å². The normalized spacial score (nSPS) is 18.8. The lowest BCUT2D eigenvalue weighted by Gasteiger charge is -2.29. The first kappa shape index (κ1) is 20.5. The van der Waals surface area contributed by atoms with Gasteiger partial charge in [0, 0.05) is 30.5 Å². The van der Waals surface area contributed by atoms with Crippen molar-refractivity contribution in [1.82, 2.24) is 5.32 Å². The van der Waals surface area contributed by atoms with Gasteiger partial charge in [0.05, 0.1) is 12.1 Å². The minimum absolute atomic E-state index is 0.0268. The van der Waals surface area contributed by atoms with Crippen LogP contribution in [0.1, 0.15) is 74.6 Å². The van der Waals surface area contributed by atoms with Gasteiger partial charge in [-0.2, -0.15) is 0 Å². The van der Waals surface area contributed by atoms with E-state index in [1.54, 1.807) is 0 Å². The molecule has 2 aliphatic rings. The summed E-state index contributed by atoms with van der Waals surface area (Å²) < 4.78 is 0. The molecule has 1 saturated heterocycles. The number of carbonyl (C=O) groups is 2. The van der Waals surface area contributed by atoms with Crippen molar-refractivity contribution in [2.45, 2.75) is 70.3 Å². The zero-order valence-corrected chi connectivity index (χ0v) is 16.8. The summed E-state index contributed by atoms with van der Waals surface area (Å²) in [5, 5.41) is 6.25. The van der Waals surface area contributed by atoms with E-state index < -0.39 is 5.91 Å². The molecule has 1 aromatic carbocycles. The monoisotopic (exact) mass is 386 g/mol. The van der Waals surface area contributed by atoms with Crippen molar-refractivity contribution in [3.63, 3.8) is 0 Å². The van der Waals surface area contributed by atoms with Crippen LogP contribution in [-0.2, 0) is 4.79 Å². The molecular weight excluding hydrogens is 352 g/mol. The van der Waals surface area contributed by atoms with Gasteiger partial charge < -0.3 is 21.3 Å². The van der Waals surface area contributed by atoms with Crippen molar-refractivity contribution >= 4 is 23.2 Å². The number of carbonyl (C=O) groups excluding carboxylic acids is 2. The maximum absolute atomic E-state index is 12.4. The van der Waals surface area contributed by atoms with Crippen molar-refractivity contribution in [3.8, 4) is 0 Å². The Bertz CT molecular complexity index is 663. The van der Waals surface area contributed by atoms with Crippen molar-refractivity contribution in [2.24, 2.45) is 5.73 Å². The van der Waals surface area contributed by atoms with E-state index in [9.17, 15) is 9.59 Å². The first-order valence-electron chi connectivity index (χ1n) is 10.9. The maximum Gasteiger partial charge on any atom is 0.250 e. The van der Waals surface area contributed by atoms with Crippen LogP contribution in [0.5, 0.6) is 0 Å². The van der Waals surface area contributed by atoms with Crippen LogP contribution >= 0.6 is 0 Å². The van der Waals surface area contributed by atoms with Crippen LogP contribution < -0.4 is 21.3 Å². The van der Waals surface area contributed by atoms with Crippen LogP contribution in [0.4, 0.5) is 11.4 Å². The molecule has 0 unspecified atom stereocenters. The number of nitrogens with zero attached hydrogens (tertiary/aromatic N) is 1. The lowest BCUT2D eigenvalue weighted by molar-refractivity contribution is -0.120. The minimum atomic E-state index is -0.471. The second kappa shape index (κ2) is 10.3. The van der Waals surface area contributed by atoms with Crippen LogP contribution in [0, 0.1) is 0 Å². The topological polar surface area (TPSA) is 87.5 Å². The number of piperidine rings is 1. The second-order valence-electron chi connectivity index (χ2n) is 8.10. The summed E-state index contributed by atoms with van der Waals surface area (Å²) in [6.45, 7) is 2.17. The highest BCUT2D eigenvalue weighted by atomic mass is 16.2. The van der Waals surface area contributed by atoms with Crippen LogP contribution in [0.2, 0.25) is 0 Å². The lowest BCUT2D eigenvalue weighted by atomic mass is 9.97. The Labute approximate surface area is 168 Å². The van der Waals surface area contributed by atoms with Gasteiger partial charge in [-0.3, -0.25) is 9.59 Å². The Morgan fingerprint density at radius 3 is 2.29 bits per heavy atom.